The van der Waals surface area contributed by atoms with Gasteiger partial charge in [-0.05, 0) is 32.2 Å². The lowest BCUT2D eigenvalue weighted by molar-refractivity contribution is 0.340. The molecule has 4 heteroatoms. The van der Waals surface area contributed by atoms with Crippen LogP contribution >= 0.6 is 0 Å². The molecule has 0 saturated carbocycles. The summed E-state index contributed by atoms with van der Waals surface area (Å²) in [6.07, 6.45) is 2.64. The molecule has 1 aromatic carbocycles. The highest BCUT2D eigenvalue weighted by Crippen LogP contribution is 2.32. The van der Waals surface area contributed by atoms with Crippen molar-refractivity contribution in [2.75, 3.05) is 24.5 Å². The Morgan fingerprint density at radius 3 is 2.85 bits per heavy atom. The van der Waals surface area contributed by atoms with Gasteiger partial charge in [0.25, 0.3) is 0 Å². The predicted molar refractivity (Wildman–Crippen MR) is 81.0 cm³/mol. The molecule has 4 rings (SSSR count). The van der Waals surface area contributed by atoms with Gasteiger partial charge in [0.2, 0.25) is 0 Å². The van der Waals surface area contributed by atoms with Gasteiger partial charge in [0.1, 0.15) is 0 Å². The molecule has 0 unspecified atom stereocenters. The third kappa shape index (κ3) is 1.86. The SMILES string of the molecule is Cc1nnc(N2C[C@@H]3CCCN[C@@H]3C2)c2ccccc12. The molecule has 0 bridgehead atoms. The fourth-order valence-electron chi connectivity index (χ4n) is 3.68. The quantitative estimate of drug-likeness (QED) is 0.860. The van der Waals surface area contributed by atoms with Crippen LogP contribution in [0.2, 0.25) is 0 Å². The monoisotopic (exact) mass is 268 g/mol. The number of piperidine rings is 1. The van der Waals surface area contributed by atoms with Crippen molar-refractivity contribution in [2.45, 2.75) is 25.8 Å². The maximum absolute atomic E-state index is 4.49. The van der Waals surface area contributed by atoms with Gasteiger partial charge in [0, 0.05) is 29.9 Å². The largest absolute Gasteiger partial charge is 0.353 e. The second kappa shape index (κ2) is 4.70. The van der Waals surface area contributed by atoms with Crippen LogP contribution in [-0.2, 0) is 0 Å². The number of nitrogens with one attached hydrogen (secondary N) is 1. The number of fused-ring (bicyclic) bond motifs is 2. The summed E-state index contributed by atoms with van der Waals surface area (Å²) < 4.78 is 0. The third-order valence-corrected chi connectivity index (χ3v) is 4.75. The van der Waals surface area contributed by atoms with Gasteiger partial charge in [-0.3, -0.25) is 0 Å². The molecule has 1 aromatic heterocycles. The number of rotatable bonds is 1. The van der Waals surface area contributed by atoms with Gasteiger partial charge in [-0.15, -0.1) is 5.10 Å². The Hall–Kier alpha value is -1.68. The summed E-state index contributed by atoms with van der Waals surface area (Å²) >= 11 is 0. The number of aryl methyl sites for hydroxylation is 1. The fraction of sp³-hybridized carbons (Fsp3) is 0.500. The minimum absolute atomic E-state index is 0.630. The first-order valence-electron chi connectivity index (χ1n) is 7.53. The Bertz CT molecular complexity index is 625. The number of nitrogens with zero attached hydrogens (tertiary/aromatic N) is 3. The smallest absolute Gasteiger partial charge is 0.159 e. The Morgan fingerprint density at radius 2 is 2.00 bits per heavy atom. The van der Waals surface area contributed by atoms with Crippen LogP contribution in [0, 0.1) is 12.8 Å². The zero-order valence-corrected chi connectivity index (χ0v) is 11.8. The Kier molecular flexibility index (Phi) is 2.84. The van der Waals surface area contributed by atoms with Crippen molar-refractivity contribution in [3.05, 3.63) is 30.0 Å². The normalized spacial score (nSPS) is 25.9. The standard InChI is InChI=1S/C16H20N4/c1-11-13-6-2-3-7-14(13)16(19-18-11)20-9-12-5-4-8-17-15(12)10-20/h2-3,6-7,12,15,17H,4-5,8-10H2,1H3/t12-,15+/m0/s1. The molecule has 2 saturated heterocycles. The van der Waals surface area contributed by atoms with E-state index in [2.05, 4.69) is 44.7 Å². The maximum atomic E-state index is 4.49. The second-order valence-electron chi connectivity index (χ2n) is 6.02. The van der Waals surface area contributed by atoms with Crippen LogP contribution in [0.5, 0.6) is 0 Å². The van der Waals surface area contributed by atoms with E-state index >= 15 is 0 Å². The third-order valence-electron chi connectivity index (χ3n) is 4.75. The summed E-state index contributed by atoms with van der Waals surface area (Å²) in [5.41, 5.74) is 1.01. The lowest BCUT2D eigenvalue weighted by Crippen LogP contribution is -2.40. The zero-order chi connectivity index (χ0) is 13.5. The van der Waals surface area contributed by atoms with Crippen molar-refractivity contribution in [2.24, 2.45) is 5.92 Å². The van der Waals surface area contributed by atoms with Crippen molar-refractivity contribution in [1.82, 2.24) is 15.5 Å². The van der Waals surface area contributed by atoms with E-state index < -0.39 is 0 Å². The van der Waals surface area contributed by atoms with Crippen LogP contribution in [-0.4, -0.2) is 35.9 Å². The minimum Gasteiger partial charge on any atom is -0.353 e. The molecule has 0 radical (unpaired) electrons. The molecule has 0 spiro atoms. The molecule has 2 atom stereocenters. The van der Waals surface area contributed by atoms with E-state index in [1.54, 1.807) is 0 Å². The Balaban J connectivity index is 1.74. The molecule has 20 heavy (non-hydrogen) atoms. The molecule has 0 aliphatic carbocycles. The Morgan fingerprint density at radius 1 is 1.15 bits per heavy atom. The van der Waals surface area contributed by atoms with Crippen molar-refractivity contribution >= 4 is 16.6 Å². The van der Waals surface area contributed by atoms with Crippen LogP contribution in [0.15, 0.2) is 24.3 Å². The number of aromatic nitrogens is 2. The second-order valence-corrected chi connectivity index (χ2v) is 6.02. The van der Waals surface area contributed by atoms with Crippen molar-refractivity contribution in [3.63, 3.8) is 0 Å². The van der Waals surface area contributed by atoms with Crippen LogP contribution in [0.3, 0.4) is 0 Å². The zero-order valence-electron chi connectivity index (χ0n) is 11.8. The summed E-state index contributed by atoms with van der Waals surface area (Å²) in [6.45, 7) is 5.37. The van der Waals surface area contributed by atoms with Crippen molar-refractivity contribution in [1.29, 1.82) is 0 Å². The highest BCUT2D eigenvalue weighted by atomic mass is 15.3. The lowest BCUT2D eigenvalue weighted by Gasteiger charge is -2.24. The fourth-order valence-corrected chi connectivity index (χ4v) is 3.68. The van der Waals surface area contributed by atoms with E-state index in [4.69, 9.17) is 0 Å². The van der Waals surface area contributed by atoms with Gasteiger partial charge < -0.3 is 10.2 Å². The molecule has 2 aliphatic heterocycles. The van der Waals surface area contributed by atoms with Gasteiger partial charge >= 0.3 is 0 Å². The van der Waals surface area contributed by atoms with E-state index in [1.807, 2.05) is 6.92 Å². The molecule has 0 amide bonds. The molecule has 4 nitrogen and oxygen atoms in total. The molecular formula is C16H20N4. The topological polar surface area (TPSA) is 41.1 Å². The molecule has 104 valence electrons. The van der Waals surface area contributed by atoms with Crippen LogP contribution < -0.4 is 10.2 Å². The first kappa shape index (κ1) is 12.1. The van der Waals surface area contributed by atoms with E-state index in [9.17, 15) is 0 Å². The van der Waals surface area contributed by atoms with E-state index in [0.717, 1.165) is 37.1 Å². The maximum Gasteiger partial charge on any atom is 0.159 e. The molecule has 2 aliphatic rings. The number of anilines is 1. The molecular weight excluding hydrogens is 248 g/mol. The van der Waals surface area contributed by atoms with Gasteiger partial charge in [0.05, 0.1) is 5.69 Å². The van der Waals surface area contributed by atoms with E-state index in [-0.39, 0.29) is 0 Å². The van der Waals surface area contributed by atoms with Gasteiger partial charge in [-0.2, -0.15) is 5.10 Å². The first-order valence-corrected chi connectivity index (χ1v) is 7.53. The summed E-state index contributed by atoms with van der Waals surface area (Å²) in [5, 5.41) is 15.0. The molecule has 2 fully saturated rings. The van der Waals surface area contributed by atoms with Crippen LogP contribution in [0.1, 0.15) is 18.5 Å². The van der Waals surface area contributed by atoms with E-state index in [0.29, 0.717) is 6.04 Å². The first-order chi connectivity index (χ1) is 9.83. The number of hydrogen-bond acceptors (Lipinski definition) is 4. The average molecular weight is 268 g/mol. The summed E-state index contributed by atoms with van der Waals surface area (Å²) in [5.74, 6) is 1.83. The van der Waals surface area contributed by atoms with Crippen molar-refractivity contribution < 1.29 is 0 Å². The van der Waals surface area contributed by atoms with Gasteiger partial charge in [-0.1, -0.05) is 24.3 Å². The number of hydrogen-bond donors (Lipinski definition) is 1. The van der Waals surface area contributed by atoms with Crippen molar-refractivity contribution in [3.8, 4) is 0 Å². The highest BCUT2D eigenvalue weighted by molar-refractivity contribution is 5.93. The minimum atomic E-state index is 0.630. The van der Waals surface area contributed by atoms with E-state index in [1.165, 1.54) is 23.6 Å². The lowest BCUT2D eigenvalue weighted by atomic mass is 9.94. The number of benzene rings is 1. The predicted octanol–water partition coefficient (Wildman–Crippen LogP) is 2.13. The average Bonchev–Trinajstić information content (AvgIpc) is 2.91. The summed E-state index contributed by atoms with van der Waals surface area (Å²) in [4.78, 5) is 2.42. The molecule has 2 aromatic rings. The Labute approximate surface area is 119 Å². The highest BCUT2D eigenvalue weighted by Gasteiger charge is 2.35. The summed E-state index contributed by atoms with van der Waals surface area (Å²) in [6, 6.07) is 9.11. The van der Waals surface area contributed by atoms with Crippen LogP contribution in [0.25, 0.3) is 10.8 Å². The molecule has 1 N–H and O–H groups in total. The molecule has 3 heterocycles. The van der Waals surface area contributed by atoms with Crippen LogP contribution in [0.4, 0.5) is 5.82 Å². The summed E-state index contributed by atoms with van der Waals surface area (Å²) in [7, 11) is 0. The van der Waals surface area contributed by atoms with Gasteiger partial charge in [-0.25, -0.2) is 0 Å². The van der Waals surface area contributed by atoms with Gasteiger partial charge in [0.15, 0.2) is 5.82 Å².